The van der Waals surface area contributed by atoms with Gasteiger partial charge in [0.15, 0.2) is 0 Å². The summed E-state index contributed by atoms with van der Waals surface area (Å²) in [4.78, 5) is 0. The zero-order chi connectivity index (χ0) is 4.69. The molecule has 0 N–H and O–H groups in total. The van der Waals surface area contributed by atoms with Gasteiger partial charge in [-0.05, 0) is 12.0 Å². The molecule has 0 aromatic carbocycles. The van der Waals surface area contributed by atoms with Crippen LogP contribution in [0.5, 0.6) is 0 Å². The van der Waals surface area contributed by atoms with E-state index in [0.717, 1.165) is 19.1 Å². The van der Waals surface area contributed by atoms with Crippen LogP contribution in [0.15, 0.2) is 11.6 Å². The van der Waals surface area contributed by atoms with Crippen molar-refractivity contribution in [3.63, 3.8) is 0 Å². The number of fused-ring (bicyclic) bond motifs is 1. The maximum absolute atomic E-state index is 5.16. The Balaban J connectivity index is 2.24. The van der Waals surface area contributed by atoms with Crippen LogP contribution < -0.4 is 0 Å². The Hall–Kier alpha value is -0.300. The van der Waals surface area contributed by atoms with Crippen LogP contribution in [0, 0.1) is 5.92 Å². The second-order valence-electron chi connectivity index (χ2n) is 2.23. The lowest BCUT2D eigenvalue weighted by atomic mass is 9.88. The largest absolute Gasteiger partial charge is 0.376 e. The monoisotopic (exact) mass is 96.1 g/mol. The SMILES string of the molecule is C1=C2COCC2C1. The summed E-state index contributed by atoms with van der Waals surface area (Å²) >= 11 is 0. The van der Waals surface area contributed by atoms with E-state index in [4.69, 9.17) is 4.74 Å². The number of hydrogen-bond donors (Lipinski definition) is 0. The van der Waals surface area contributed by atoms with Crippen LogP contribution >= 0.6 is 0 Å². The lowest BCUT2D eigenvalue weighted by molar-refractivity contribution is 0.190. The van der Waals surface area contributed by atoms with Gasteiger partial charge in [-0.25, -0.2) is 0 Å². The van der Waals surface area contributed by atoms with Crippen LogP contribution in [0.25, 0.3) is 0 Å². The van der Waals surface area contributed by atoms with Crippen LogP contribution in [0.2, 0.25) is 0 Å². The smallest absolute Gasteiger partial charge is 0.0680 e. The van der Waals surface area contributed by atoms with E-state index < -0.39 is 0 Å². The minimum absolute atomic E-state index is 0.833. The molecule has 0 aromatic rings. The van der Waals surface area contributed by atoms with Crippen molar-refractivity contribution < 1.29 is 4.74 Å². The van der Waals surface area contributed by atoms with Gasteiger partial charge >= 0.3 is 0 Å². The molecular formula is C6H8O. The zero-order valence-electron chi connectivity index (χ0n) is 4.18. The summed E-state index contributed by atoms with van der Waals surface area (Å²) in [6, 6.07) is 0. The van der Waals surface area contributed by atoms with E-state index in [1.54, 1.807) is 5.57 Å². The summed E-state index contributed by atoms with van der Waals surface area (Å²) in [6.45, 7) is 1.91. The summed E-state index contributed by atoms with van der Waals surface area (Å²) in [5.41, 5.74) is 1.54. The first-order valence-electron chi connectivity index (χ1n) is 2.73. The van der Waals surface area contributed by atoms with Gasteiger partial charge in [0.2, 0.25) is 0 Å². The molecule has 1 saturated heterocycles. The highest BCUT2D eigenvalue weighted by atomic mass is 16.5. The molecule has 0 radical (unpaired) electrons. The average molecular weight is 96.1 g/mol. The fourth-order valence-electron chi connectivity index (χ4n) is 1.12. The molecule has 1 heteroatoms. The van der Waals surface area contributed by atoms with Gasteiger partial charge in [-0.2, -0.15) is 0 Å². The van der Waals surface area contributed by atoms with Gasteiger partial charge < -0.3 is 4.74 Å². The summed E-state index contributed by atoms with van der Waals surface area (Å²) in [6.07, 6.45) is 3.55. The Morgan fingerprint density at radius 1 is 1.71 bits per heavy atom. The predicted octanol–water partition coefficient (Wildman–Crippen LogP) is 0.963. The summed E-state index contributed by atoms with van der Waals surface area (Å²) in [5, 5.41) is 0. The van der Waals surface area contributed by atoms with E-state index >= 15 is 0 Å². The molecule has 1 atom stereocenters. The molecule has 1 nitrogen and oxygen atoms in total. The van der Waals surface area contributed by atoms with E-state index in [1.165, 1.54) is 6.42 Å². The minimum Gasteiger partial charge on any atom is -0.376 e. The molecule has 1 heterocycles. The average Bonchev–Trinajstić information content (AvgIpc) is 1.85. The molecule has 2 rings (SSSR count). The molecular weight excluding hydrogens is 88.1 g/mol. The van der Waals surface area contributed by atoms with E-state index in [2.05, 4.69) is 6.08 Å². The molecule has 38 valence electrons. The van der Waals surface area contributed by atoms with Gasteiger partial charge in [-0.15, -0.1) is 0 Å². The fraction of sp³-hybridized carbons (Fsp3) is 0.667. The standard InChI is InChI=1S/C6H8O/c1-2-6-4-7-3-5(1)6/h1,6H,2-4H2. The Morgan fingerprint density at radius 2 is 2.71 bits per heavy atom. The van der Waals surface area contributed by atoms with Crippen LogP contribution in [-0.2, 0) is 4.74 Å². The van der Waals surface area contributed by atoms with Crippen LogP contribution in [-0.4, -0.2) is 13.2 Å². The fourth-order valence-corrected chi connectivity index (χ4v) is 1.12. The molecule has 2 aliphatic rings. The van der Waals surface area contributed by atoms with E-state index in [9.17, 15) is 0 Å². The molecule has 1 aliphatic carbocycles. The third kappa shape index (κ3) is 0.361. The lowest BCUT2D eigenvalue weighted by Gasteiger charge is -2.15. The number of ether oxygens (including phenoxy) is 1. The molecule has 1 fully saturated rings. The van der Waals surface area contributed by atoms with Crippen molar-refractivity contribution in [3.05, 3.63) is 11.6 Å². The lowest BCUT2D eigenvalue weighted by Crippen LogP contribution is -2.08. The summed E-state index contributed by atoms with van der Waals surface area (Å²) < 4.78 is 5.16. The van der Waals surface area contributed by atoms with Gasteiger partial charge in [0.25, 0.3) is 0 Å². The van der Waals surface area contributed by atoms with Crippen LogP contribution in [0.4, 0.5) is 0 Å². The Kier molecular flexibility index (Phi) is 0.577. The molecule has 0 spiro atoms. The van der Waals surface area contributed by atoms with Crippen LogP contribution in [0.3, 0.4) is 0 Å². The maximum atomic E-state index is 5.16. The van der Waals surface area contributed by atoms with Crippen molar-refractivity contribution in [2.75, 3.05) is 13.2 Å². The number of allylic oxidation sites excluding steroid dienone is 1. The second kappa shape index (κ2) is 1.10. The highest BCUT2D eigenvalue weighted by Gasteiger charge is 2.26. The molecule has 1 unspecified atom stereocenters. The van der Waals surface area contributed by atoms with Crippen LogP contribution in [0.1, 0.15) is 6.42 Å². The van der Waals surface area contributed by atoms with Crippen molar-refractivity contribution in [1.82, 2.24) is 0 Å². The minimum atomic E-state index is 0.833. The van der Waals surface area contributed by atoms with Gasteiger partial charge in [-0.1, -0.05) is 6.08 Å². The highest BCUT2D eigenvalue weighted by Crippen LogP contribution is 2.31. The summed E-state index contributed by atoms with van der Waals surface area (Å²) in [7, 11) is 0. The van der Waals surface area contributed by atoms with Crippen molar-refractivity contribution in [1.29, 1.82) is 0 Å². The van der Waals surface area contributed by atoms with Gasteiger partial charge in [-0.3, -0.25) is 0 Å². The molecule has 0 bridgehead atoms. The van der Waals surface area contributed by atoms with E-state index in [0.29, 0.717) is 0 Å². The van der Waals surface area contributed by atoms with Gasteiger partial charge in [0.05, 0.1) is 13.2 Å². The van der Waals surface area contributed by atoms with E-state index in [1.807, 2.05) is 0 Å². The highest BCUT2D eigenvalue weighted by molar-refractivity contribution is 5.20. The first-order chi connectivity index (χ1) is 3.47. The molecule has 0 aromatic heterocycles. The molecule has 0 amide bonds. The third-order valence-electron chi connectivity index (χ3n) is 1.78. The second-order valence-corrected chi connectivity index (χ2v) is 2.23. The van der Waals surface area contributed by atoms with Crippen molar-refractivity contribution in [2.24, 2.45) is 5.92 Å². The molecule has 0 saturated carbocycles. The molecule has 7 heavy (non-hydrogen) atoms. The molecule has 1 aliphatic heterocycles. The van der Waals surface area contributed by atoms with Gasteiger partial charge in [0, 0.05) is 5.92 Å². The quantitative estimate of drug-likeness (QED) is 0.408. The first-order valence-corrected chi connectivity index (χ1v) is 2.73. The number of rotatable bonds is 0. The maximum Gasteiger partial charge on any atom is 0.0680 e. The third-order valence-corrected chi connectivity index (χ3v) is 1.78. The predicted molar refractivity (Wildman–Crippen MR) is 27.0 cm³/mol. The van der Waals surface area contributed by atoms with E-state index in [-0.39, 0.29) is 0 Å². The normalized spacial score (nSPS) is 36.6. The topological polar surface area (TPSA) is 9.23 Å². The van der Waals surface area contributed by atoms with Crippen molar-refractivity contribution >= 4 is 0 Å². The zero-order valence-corrected chi connectivity index (χ0v) is 4.18. The summed E-state index contributed by atoms with van der Waals surface area (Å²) in [5.74, 6) is 0.833. The number of hydrogen-bond acceptors (Lipinski definition) is 1. The van der Waals surface area contributed by atoms with Crippen molar-refractivity contribution in [2.45, 2.75) is 6.42 Å². The Morgan fingerprint density at radius 3 is 3.00 bits per heavy atom. The van der Waals surface area contributed by atoms with Gasteiger partial charge in [0.1, 0.15) is 0 Å². The Labute approximate surface area is 43.0 Å². The Bertz CT molecular complexity index is 115. The first kappa shape index (κ1) is 3.67. The van der Waals surface area contributed by atoms with Crippen molar-refractivity contribution in [3.8, 4) is 0 Å².